The number of rotatable bonds is 8. The number of ether oxygens (including phenoxy) is 3. The van der Waals surface area contributed by atoms with Gasteiger partial charge in [0.15, 0.2) is 17.9 Å². The van der Waals surface area contributed by atoms with Gasteiger partial charge in [-0.2, -0.15) is 0 Å². The standard InChI is InChI=1S/C21H18N2O9/c1-3-30-13-7-8-15(16(10-13)23(27)28)22-18(24)11-31-20(25)14-9-12-5-4-6-17(29-2)19(12)32-21(14)26/h4-10H,3,11H2,1-2H3,(H,22,24). The van der Waals surface area contributed by atoms with E-state index in [1.165, 1.54) is 31.4 Å². The van der Waals surface area contributed by atoms with Gasteiger partial charge in [0.2, 0.25) is 0 Å². The summed E-state index contributed by atoms with van der Waals surface area (Å²) in [6.07, 6.45) is 0. The van der Waals surface area contributed by atoms with Crippen molar-refractivity contribution in [2.45, 2.75) is 6.92 Å². The average molecular weight is 442 g/mol. The van der Waals surface area contributed by atoms with Crippen LogP contribution in [0.4, 0.5) is 11.4 Å². The van der Waals surface area contributed by atoms with Gasteiger partial charge < -0.3 is 23.9 Å². The maximum absolute atomic E-state index is 12.3. The summed E-state index contributed by atoms with van der Waals surface area (Å²) < 4.78 is 20.3. The fourth-order valence-corrected chi connectivity index (χ4v) is 2.84. The van der Waals surface area contributed by atoms with Gasteiger partial charge in [-0.1, -0.05) is 12.1 Å². The molecular formula is C21H18N2O9. The topological polar surface area (TPSA) is 147 Å². The number of nitrogens with zero attached hydrogens (tertiary/aromatic N) is 1. The Morgan fingerprint density at radius 1 is 1.19 bits per heavy atom. The number of nitro benzene ring substituents is 1. The van der Waals surface area contributed by atoms with E-state index in [4.69, 9.17) is 18.6 Å². The van der Waals surface area contributed by atoms with Crippen LogP contribution in [-0.4, -0.2) is 37.1 Å². The third-order valence-corrected chi connectivity index (χ3v) is 4.25. The number of para-hydroxylation sites is 1. The molecule has 0 radical (unpaired) electrons. The number of hydrogen-bond acceptors (Lipinski definition) is 9. The third kappa shape index (κ3) is 4.83. The van der Waals surface area contributed by atoms with Crippen LogP contribution >= 0.6 is 0 Å². The molecule has 0 unspecified atom stereocenters. The van der Waals surface area contributed by atoms with E-state index in [0.29, 0.717) is 17.7 Å². The molecule has 1 aromatic heterocycles. The minimum Gasteiger partial charge on any atom is -0.494 e. The molecule has 0 saturated heterocycles. The van der Waals surface area contributed by atoms with Crippen molar-refractivity contribution in [1.29, 1.82) is 0 Å². The number of methoxy groups -OCH3 is 1. The van der Waals surface area contributed by atoms with Gasteiger partial charge >= 0.3 is 11.6 Å². The zero-order valence-electron chi connectivity index (χ0n) is 17.1. The maximum atomic E-state index is 12.3. The van der Waals surface area contributed by atoms with Gasteiger partial charge in [0.05, 0.1) is 24.7 Å². The van der Waals surface area contributed by atoms with E-state index in [1.807, 2.05) is 0 Å². The highest BCUT2D eigenvalue weighted by atomic mass is 16.6. The van der Waals surface area contributed by atoms with Crippen LogP contribution in [0.2, 0.25) is 0 Å². The molecule has 1 heterocycles. The van der Waals surface area contributed by atoms with Crippen LogP contribution in [0.1, 0.15) is 17.3 Å². The third-order valence-electron chi connectivity index (χ3n) is 4.25. The van der Waals surface area contributed by atoms with E-state index < -0.39 is 34.6 Å². The second-order valence-electron chi connectivity index (χ2n) is 6.32. The Hall–Kier alpha value is -4.41. The van der Waals surface area contributed by atoms with Gasteiger partial charge in [-0.15, -0.1) is 0 Å². The number of carbonyl (C=O) groups excluding carboxylic acids is 2. The van der Waals surface area contributed by atoms with E-state index in [0.717, 1.165) is 0 Å². The monoisotopic (exact) mass is 442 g/mol. The van der Waals surface area contributed by atoms with Crippen LogP contribution in [0, 0.1) is 10.1 Å². The molecule has 0 saturated carbocycles. The van der Waals surface area contributed by atoms with Gasteiger partial charge in [-0.25, -0.2) is 9.59 Å². The van der Waals surface area contributed by atoms with Crippen molar-refractivity contribution in [3.63, 3.8) is 0 Å². The molecule has 166 valence electrons. The molecule has 0 aliphatic rings. The van der Waals surface area contributed by atoms with Crippen molar-refractivity contribution < 1.29 is 33.1 Å². The number of fused-ring (bicyclic) bond motifs is 1. The van der Waals surface area contributed by atoms with E-state index in [2.05, 4.69) is 5.32 Å². The van der Waals surface area contributed by atoms with Crippen molar-refractivity contribution >= 4 is 34.2 Å². The van der Waals surface area contributed by atoms with E-state index in [-0.39, 0.29) is 22.7 Å². The number of amides is 1. The normalized spacial score (nSPS) is 10.4. The van der Waals surface area contributed by atoms with Crippen molar-refractivity contribution in [3.05, 3.63) is 68.6 Å². The smallest absolute Gasteiger partial charge is 0.351 e. The Morgan fingerprint density at radius 3 is 2.66 bits per heavy atom. The minimum absolute atomic E-state index is 0.100. The molecule has 0 spiro atoms. The number of hydrogen-bond donors (Lipinski definition) is 1. The van der Waals surface area contributed by atoms with Crippen LogP contribution in [0.15, 0.2) is 51.7 Å². The lowest BCUT2D eigenvalue weighted by Crippen LogP contribution is -2.24. The molecule has 11 nitrogen and oxygen atoms in total. The molecule has 0 aliphatic carbocycles. The van der Waals surface area contributed by atoms with Gasteiger partial charge in [-0.05, 0) is 31.2 Å². The zero-order chi connectivity index (χ0) is 23.3. The van der Waals surface area contributed by atoms with Crippen molar-refractivity contribution in [3.8, 4) is 11.5 Å². The lowest BCUT2D eigenvalue weighted by molar-refractivity contribution is -0.384. The summed E-state index contributed by atoms with van der Waals surface area (Å²) in [5.41, 5.74) is -1.70. The first-order valence-corrected chi connectivity index (χ1v) is 9.33. The number of benzene rings is 2. The number of nitrogens with one attached hydrogen (secondary N) is 1. The molecule has 0 bridgehead atoms. The number of esters is 1. The zero-order valence-corrected chi connectivity index (χ0v) is 17.1. The van der Waals surface area contributed by atoms with Crippen LogP contribution in [-0.2, 0) is 9.53 Å². The molecule has 0 fully saturated rings. The highest BCUT2D eigenvalue weighted by Gasteiger charge is 2.20. The lowest BCUT2D eigenvalue weighted by atomic mass is 10.2. The maximum Gasteiger partial charge on any atom is 0.351 e. The molecule has 0 aliphatic heterocycles. The van der Waals surface area contributed by atoms with Crippen LogP contribution < -0.4 is 20.4 Å². The summed E-state index contributed by atoms with van der Waals surface area (Å²) in [6, 6.07) is 10.0. The molecule has 11 heteroatoms. The molecule has 1 N–H and O–H groups in total. The number of carbonyl (C=O) groups is 2. The second-order valence-corrected chi connectivity index (χ2v) is 6.32. The molecule has 0 atom stereocenters. The molecule has 3 rings (SSSR count). The highest BCUT2D eigenvalue weighted by molar-refractivity contribution is 5.98. The molecule has 32 heavy (non-hydrogen) atoms. The van der Waals surface area contributed by atoms with E-state index >= 15 is 0 Å². The Kier molecular flexibility index (Phi) is 6.68. The van der Waals surface area contributed by atoms with Crippen molar-refractivity contribution in [2.75, 3.05) is 25.6 Å². The Balaban J connectivity index is 1.72. The summed E-state index contributed by atoms with van der Waals surface area (Å²) in [7, 11) is 1.41. The average Bonchev–Trinajstić information content (AvgIpc) is 2.77. The summed E-state index contributed by atoms with van der Waals surface area (Å²) in [5, 5.41) is 14.0. The summed E-state index contributed by atoms with van der Waals surface area (Å²) >= 11 is 0. The van der Waals surface area contributed by atoms with E-state index in [1.54, 1.807) is 25.1 Å². The van der Waals surface area contributed by atoms with Crippen molar-refractivity contribution in [1.82, 2.24) is 0 Å². The molecule has 2 aromatic carbocycles. The van der Waals surface area contributed by atoms with Gasteiger partial charge in [-0.3, -0.25) is 14.9 Å². The predicted octanol–water partition coefficient (Wildman–Crippen LogP) is 2.90. The predicted molar refractivity (Wildman–Crippen MR) is 112 cm³/mol. The van der Waals surface area contributed by atoms with Crippen LogP contribution in [0.3, 0.4) is 0 Å². The lowest BCUT2D eigenvalue weighted by Gasteiger charge is -2.09. The summed E-state index contributed by atoms with van der Waals surface area (Å²) in [4.78, 5) is 47.2. The molecule has 3 aromatic rings. The van der Waals surface area contributed by atoms with Gasteiger partial charge in [0.25, 0.3) is 11.6 Å². The first-order valence-electron chi connectivity index (χ1n) is 9.33. The summed E-state index contributed by atoms with van der Waals surface area (Å²) in [6.45, 7) is 1.26. The summed E-state index contributed by atoms with van der Waals surface area (Å²) in [5.74, 6) is -1.34. The Labute approximate surface area is 180 Å². The Bertz CT molecular complexity index is 1250. The second kappa shape index (κ2) is 9.60. The van der Waals surface area contributed by atoms with Crippen molar-refractivity contribution in [2.24, 2.45) is 0 Å². The minimum atomic E-state index is -1.08. The van der Waals surface area contributed by atoms with Gasteiger partial charge in [0, 0.05) is 5.39 Å². The van der Waals surface area contributed by atoms with Crippen LogP contribution in [0.5, 0.6) is 11.5 Å². The fourth-order valence-electron chi connectivity index (χ4n) is 2.84. The highest BCUT2D eigenvalue weighted by Crippen LogP contribution is 2.29. The number of nitro groups is 1. The van der Waals surface area contributed by atoms with Gasteiger partial charge in [0.1, 0.15) is 17.0 Å². The first kappa shape index (κ1) is 22.3. The fraction of sp³-hybridized carbons (Fsp3) is 0.190. The SMILES string of the molecule is CCOc1ccc(NC(=O)COC(=O)c2cc3cccc(OC)c3oc2=O)c([N+](=O)[O-])c1. The van der Waals surface area contributed by atoms with E-state index in [9.17, 15) is 24.5 Å². The Morgan fingerprint density at radius 2 is 1.97 bits per heavy atom. The number of anilines is 1. The largest absolute Gasteiger partial charge is 0.494 e. The quantitative estimate of drug-likeness (QED) is 0.241. The first-order chi connectivity index (χ1) is 15.3. The molecule has 1 amide bonds. The van der Waals surface area contributed by atoms with Crippen LogP contribution in [0.25, 0.3) is 11.0 Å². The molecular weight excluding hydrogens is 424 g/mol.